The second kappa shape index (κ2) is 6.76. The van der Waals surface area contributed by atoms with Gasteiger partial charge < -0.3 is 15.3 Å². The lowest BCUT2D eigenvalue weighted by Crippen LogP contribution is -2.46. The predicted molar refractivity (Wildman–Crippen MR) is 77.0 cm³/mol. The summed E-state index contributed by atoms with van der Waals surface area (Å²) in [7, 11) is 0. The average molecular weight is 315 g/mol. The van der Waals surface area contributed by atoms with Crippen LogP contribution in [-0.2, 0) is 4.79 Å². The van der Waals surface area contributed by atoms with Crippen LogP contribution in [0.4, 0.5) is 14.9 Å². The van der Waals surface area contributed by atoms with E-state index in [2.05, 4.69) is 5.32 Å². The lowest BCUT2D eigenvalue weighted by molar-refractivity contribution is -0.142. The van der Waals surface area contributed by atoms with Crippen molar-refractivity contribution in [2.75, 3.05) is 11.9 Å². The molecule has 1 saturated heterocycles. The number of nitrogens with one attached hydrogen (secondary N) is 1. The number of hydrogen-bond acceptors (Lipinski definition) is 2. The Morgan fingerprint density at radius 3 is 2.81 bits per heavy atom. The van der Waals surface area contributed by atoms with Crippen LogP contribution in [0.15, 0.2) is 18.2 Å². The Hall–Kier alpha value is -1.82. The van der Waals surface area contributed by atoms with Crippen molar-refractivity contribution < 1.29 is 19.1 Å². The van der Waals surface area contributed by atoms with Crippen molar-refractivity contribution in [3.05, 3.63) is 29.0 Å². The highest BCUT2D eigenvalue weighted by atomic mass is 35.5. The van der Waals surface area contributed by atoms with E-state index in [4.69, 9.17) is 11.6 Å². The molecular weight excluding hydrogens is 299 g/mol. The van der Waals surface area contributed by atoms with Crippen LogP contribution < -0.4 is 5.32 Å². The number of rotatable bonds is 2. The van der Waals surface area contributed by atoms with Gasteiger partial charge in [0.05, 0.1) is 10.7 Å². The smallest absolute Gasteiger partial charge is 0.326 e. The average Bonchev–Trinajstić information content (AvgIpc) is 2.68. The molecule has 1 heterocycles. The summed E-state index contributed by atoms with van der Waals surface area (Å²) in [4.78, 5) is 24.8. The van der Waals surface area contributed by atoms with Crippen molar-refractivity contribution in [1.29, 1.82) is 0 Å². The van der Waals surface area contributed by atoms with Crippen LogP contribution in [0, 0.1) is 5.82 Å². The first kappa shape index (κ1) is 15.6. The van der Waals surface area contributed by atoms with Gasteiger partial charge >= 0.3 is 12.0 Å². The number of likely N-dealkylation sites (tertiary alicyclic amines) is 1. The van der Waals surface area contributed by atoms with Crippen LogP contribution in [0.5, 0.6) is 0 Å². The number of benzene rings is 1. The minimum Gasteiger partial charge on any atom is -0.480 e. The summed E-state index contributed by atoms with van der Waals surface area (Å²) in [5.41, 5.74) is 0.134. The summed E-state index contributed by atoms with van der Waals surface area (Å²) < 4.78 is 13.2. The normalized spacial score (nSPS) is 19.0. The zero-order valence-electron chi connectivity index (χ0n) is 11.3. The minimum absolute atomic E-state index is 0.134. The van der Waals surface area contributed by atoms with Gasteiger partial charge in [-0.15, -0.1) is 0 Å². The van der Waals surface area contributed by atoms with Gasteiger partial charge in [-0.2, -0.15) is 0 Å². The monoisotopic (exact) mass is 314 g/mol. The van der Waals surface area contributed by atoms with Crippen LogP contribution in [-0.4, -0.2) is 34.6 Å². The number of hydrogen-bond donors (Lipinski definition) is 2. The number of anilines is 1. The van der Waals surface area contributed by atoms with Crippen molar-refractivity contribution in [3.8, 4) is 0 Å². The molecule has 0 radical (unpaired) electrons. The van der Waals surface area contributed by atoms with Crippen LogP contribution in [0.3, 0.4) is 0 Å². The summed E-state index contributed by atoms with van der Waals surface area (Å²) in [6.07, 6.45) is 2.81. The van der Waals surface area contributed by atoms with Crippen molar-refractivity contribution in [3.63, 3.8) is 0 Å². The lowest BCUT2D eigenvalue weighted by atomic mass is 10.1. The van der Waals surface area contributed by atoms with E-state index in [-0.39, 0.29) is 10.7 Å². The third kappa shape index (κ3) is 3.85. The quantitative estimate of drug-likeness (QED) is 0.879. The second-order valence-corrected chi connectivity index (χ2v) is 5.36. The van der Waals surface area contributed by atoms with Crippen molar-refractivity contribution >= 4 is 29.3 Å². The van der Waals surface area contributed by atoms with Gasteiger partial charge in [-0.3, -0.25) is 0 Å². The number of amides is 2. The Balaban J connectivity index is 2.16. The molecule has 2 amide bonds. The molecule has 1 unspecified atom stereocenters. The van der Waals surface area contributed by atoms with Gasteiger partial charge in [-0.25, -0.2) is 14.0 Å². The number of urea groups is 1. The molecule has 114 valence electrons. The topological polar surface area (TPSA) is 69.6 Å². The second-order valence-electron chi connectivity index (χ2n) is 4.95. The fourth-order valence-corrected chi connectivity index (χ4v) is 2.55. The van der Waals surface area contributed by atoms with Gasteiger partial charge in [-0.1, -0.05) is 24.4 Å². The van der Waals surface area contributed by atoms with Gasteiger partial charge in [0.1, 0.15) is 11.9 Å². The summed E-state index contributed by atoms with van der Waals surface area (Å²) in [6.45, 7) is 0.357. The Morgan fingerprint density at radius 2 is 2.10 bits per heavy atom. The molecule has 1 aliphatic rings. The first-order valence-electron chi connectivity index (χ1n) is 6.74. The summed E-state index contributed by atoms with van der Waals surface area (Å²) in [5.74, 6) is -1.56. The summed E-state index contributed by atoms with van der Waals surface area (Å²) in [6, 6.07) is 2.19. The highest BCUT2D eigenvalue weighted by molar-refractivity contribution is 6.33. The zero-order chi connectivity index (χ0) is 15.4. The Morgan fingerprint density at radius 1 is 1.33 bits per heavy atom. The van der Waals surface area contributed by atoms with Gasteiger partial charge in [-0.05, 0) is 31.0 Å². The number of carboxylic acid groups (broad SMARTS) is 1. The molecule has 1 aromatic carbocycles. The van der Waals surface area contributed by atoms with Gasteiger partial charge in [0.15, 0.2) is 0 Å². The highest BCUT2D eigenvalue weighted by Gasteiger charge is 2.31. The van der Waals surface area contributed by atoms with Gasteiger partial charge in [0.2, 0.25) is 0 Å². The molecule has 0 aromatic heterocycles. The van der Waals surface area contributed by atoms with E-state index in [1.165, 1.54) is 17.0 Å². The van der Waals surface area contributed by atoms with Crippen LogP contribution in [0.25, 0.3) is 0 Å². The molecule has 0 spiro atoms. The lowest BCUT2D eigenvalue weighted by Gasteiger charge is -2.27. The molecular formula is C14H16ClFN2O3. The van der Waals surface area contributed by atoms with E-state index in [9.17, 15) is 19.1 Å². The first-order valence-corrected chi connectivity index (χ1v) is 7.12. The molecule has 1 aliphatic heterocycles. The van der Waals surface area contributed by atoms with Gasteiger partial charge in [0.25, 0.3) is 0 Å². The molecule has 21 heavy (non-hydrogen) atoms. The van der Waals surface area contributed by atoms with E-state index in [0.29, 0.717) is 13.0 Å². The van der Waals surface area contributed by atoms with Crippen molar-refractivity contribution in [1.82, 2.24) is 4.90 Å². The minimum atomic E-state index is -1.03. The molecule has 0 aliphatic carbocycles. The number of aliphatic carboxylic acids is 1. The molecule has 2 N–H and O–H groups in total. The Bertz CT molecular complexity index is 553. The first-order chi connectivity index (χ1) is 9.99. The van der Waals surface area contributed by atoms with Crippen molar-refractivity contribution in [2.24, 2.45) is 0 Å². The molecule has 7 heteroatoms. The third-order valence-corrected chi connectivity index (χ3v) is 3.80. The molecule has 5 nitrogen and oxygen atoms in total. The third-order valence-electron chi connectivity index (χ3n) is 3.47. The number of nitrogens with zero attached hydrogens (tertiary/aromatic N) is 1. The van der Waals surface area contributed by atoms with E-state index >= 15 is 0 Å². The summed E-state index contributed by atoms with van der Waals surface area (Å²) in [5, 5.41) is 11.9. The Kier molecular flexibility index (Phi) is 5.01. The molecule has 1 fully saturated rings. The standard InChI is InChI=1S/C14H16ClFN2O3/c15-10-6-5-9(16)8-11(10)17-14(21)18-7-3-1-2-4-12(18)13(19)20/h5-6,8,12H,1-4,7H2,(H,17,21)(H,19,20). The summed E-state index contributed by atoms with van der Waals surface area (Å²) >= 11 is 5.89. The molecule has 2 rings (SSSR count). The number of halogens is 2. The largest absolute Gasteiger partial charge is 0.480 e. The Labute approximate surface area is 126 Å². The predicted octanol–water partition coefficient (Wildman–Crippen LogP) is 3.34. The van der Waals surface area contributed by atoms with Gasteiger partial charge in [0, 0.05) is 6.54 Å². The highest BCUT2D eigenvalue weighted by Crippen LogP contribution is 2.24. The van der Waals surface area contributed by atoms with Crippen molar-refractivity contribution in [2.45, 2.75) is 31.7 Å². The SMILES string of the molecule is O=C(O)C1CCCCCN1C(=O)Nc1cc(F)ccc1Cl. The zero-order valence-corrected chi connectivity index (χ0v) is 12.1. The van der Waals surface area contributed by atoms with E-state index < -0.39 is 23.9 Å². The van der Waals surface area contributed by atoms with Crippen LogP contribution >= 0.6 is 11.6 Å². The number of carboxylic acids is 1. The van der Waals surface area contributed by atoms with Crippen LogP contribution in [0.1, 0.15) is 25.7 Å². The van der Waals surface area contributed by atoms with Crippen LogP contribution in [0.2, 0.25) is 5.02 Å². The maximum absolute atomic E-state index is 13.2. The molecule has 1 aromatic rings. The number of carbonyl (C=O) groups excluding carboxylic acids is 1. The molecule has 0 bridgehead atoms. The maximum Gasteiger partial charge on any atom is 0.326 e. The fourth-order valence-electron chi connectivity index (χ4n) is 2.39. The van der Waals surface area contributed by atoms with E-state index in [0.717, 1.165) is 25.3 Å². The fraction of sp³-hybridized carbons (Fsp3) is 0.429. The number of carbonyl (C=O) groups is 2. The molecule has 1 atom stereocenters. The van der Waals surface area contributed by atoms with E-state index in [1.807, 2.05) is 0 Å². The molecule has 0 saturated carbocycles. The maximum atomic E-state index is 13.2. The van der Waals surface area contributed by atoms with E-state index in [1.54, 1.807) is 0 Å².